The van der Waals surface area contributed by atoms with Crippen LogP contribution in [0.2, 0.25) is 0 Å². The van der Waals surface area contributed by atoms with Gasteiger partial charge < -0.3 is 11.1 Å². The fraction of sp³-hybridized carbons (Fsp3) is 0.667. The van der Waals surface area contributed by atoms with Crippen molar-refractivity contribution in [2.75, 3.05) is 6.54 Å². The molecule has 4 nitrogen and oxygen atoms in total. The number of nitrogens with zero attached hydrogens (tertiary/aromatic N) is 1. The van der Waals surface area contributed by atoms with E-state index in [4.69, 9.17) is 5.73 Å². The summed E-state index contributed by atoms with van der Waals surface area (Å²) < 4.78 is 0. The summed E-state index contributed by atoms with van der Waals surface area (Å²) in [6.45, 7) is 8.53. The van der Waals surface area contributed by atoms with Gasteiger partial charge in [-0.05, 0) is 40.7 Å². The standard InChI is InChI=1S/C12H21N3OS.2ClH/c1-8-9(2)17-11(14-8)12(3,4)15-10(16)6-5-7-13;;/h5-7,13H2,1-4H3,(H,15,16);2*1H. The Balaban J connectivity index is 0. The fourth-order valence-corrected chi connectivity index (χ4v) is 2.44. The smallest absolute Gasteiger partial charge is 0.220 e. The number of aryl methyl sites for hydroxylation is 2. The summed E-state index contributed by atoms with van der Waals surface area (Å²) in [4.78, 5) is 17.4. The number of halogens is 2. The Morgan fingerprint density at radius 2 is 1.95 bits per heavy atom. The molecule has 1 aromatic heterocycles. The number of rotatable bonds is 5. The number of nitrogens with two attached hydrogens (primary N) is 1. The van der Waals surface area contributed by atoms with Crippen molar-refractivity contribution in [1.82, 2.24) is 10.3 Å². The second-order valence-corrected chi connectivity index (χ2v) is 5.93. The Hall–Kier alpha value is -0.360. The SMILES string of the molecule is Cc1nc(C(C)(C)NC(=O)CCCN)sc1C.Cl.Cl. The lowest BCUT2D eigenvalue weighted by molar-refractivity contribution is -0.122. The number of carbonyl (C=O) groups is 1. The molecule has 19 heavy (non-hydrogen) atoms. The van der Waals surface area contributed by atoms with Gasteiger partial charge in [0.05, 0.1) is 11.2 Å². The molecular weight excluding hydrogens is 305 g/mol. The third kappa shape index (κ3) is 6.08. The molecule has 0 bridgehead atoms. The molecule has 0 unspecified atom stereocenters. The molecule has 3 N–H and O–H groups in total. The summed E-state index contributed by atoms with van der Waals surface area (Å²) in [5.41, 5.74) is 6.01. The average Bonchev–Trinajstić information content (AvgIpc) is 2.56. The number of hydrogen-bond donors (Lipinski definition) is 2. The number of aromatic nitrogens is 1. The van der Waals surface area contributed by atoms with Crippen LogP contribution in [0.25, 0.3) is 0 Å². The van der Waals surface area contributed by atoms with Crippen molar-refractivity contribution in [3.63, 3.8) is 0 Å². The van der Waals surface area contributed by atoms with E-state index in [9.17, 15) is 4.79 Å². The molecule has 0 saturated heterocycles. The monoisotopic (exact) mass is 327 g/mol. The van der Waals surface area contributed by atoms with Crippen molar-refractivity contribution in [3.05, 3.63) is 15.6 Å². The van der Waals surface area contributed by atoms with Crippen LogP contribution >= 0.6 is 36.2 Å². The molecular formula is C12H23Cl2N3OS. The van der Waals surface area contributed by atoms with Crippen LogP contribution in [-0.4, -0.2) is 17.4 Å². The van der Waals surface area contributed by atoms with E-state index in [-0.39, 0.29) is 30.7 Å². The quantitative estimate of drug-likeness (QED) is 0.873. The van der Waals surface area contributed by atoms with Crippen LogP contribution < -0.4 is 11.1 Å². The topological polar surface area (TPSA) is 68.0 Å². The molecule has 0 radical (unpaired) electrons. The van der Waals surface area contributed by atoms with Crippen LogP contribution in [0.15, 0.2) is 0 Å². The highest BCUT2D eigenvalue weighted by Crippen LogP contribution is 2.27. The lowest BCUT2D eigenvalue weighted by Crippen LogP contribution is -2.41. The largest absolute Gasteiger partial charge is 0.345 e. The minimum atomic E-state index is -0.407. The second kappa shape index (κ2) is 8.74. The Morgan fingerprint density at radius 1 is 1.37 bits per heavy atom. The molecule has 0 fully saturated rings. The van der Waals surface area contributed by atoms with Crippen molar-refractivity contribution in [2.24, 2.45) is 5.73 Å². The summed E-state index contributed by atoms with van der Waals surface area (Å²) in [5.74, 6) is 0.0333. The highest BCUT2D eigenvalue weighted by atomic mass is 35.5. The first-order valence-corrected chi connectivity index (χ1v) is 6.64. The zero-order valence-electron chi connectivity index (χ0n) is 11.8. The van der Waals surface area contributed by atoms with Gasteiger partial charge in [-0.2, -0.15) is 0 Å². The van der Waals surface area contributed by atoms with Crippen LogP contribution in [0, 0.1) is 13.8 Å². The van der Waals surface area contributed by atoms with Gasteiger partial charge in [0.15, 0.2) is 0 Å². The van der Waals surface area contributed by atoms with Crippen LogP contribution in [0.5, 0.6) is 0 Å². The van der Waals surface area contributed by atoms with E-state index < -0.39 is 5.54 Å². The molecule has 1 rings (SSSR count). The van der Waals surface area contributed by atoms with E-state index in [1.807, 2.05) is 27.7 Å². The molecule has 0 aromatic carbocycles. The summed E-state index contributed by atoms with van der Waals surface area (Å²) in [5, 5.41) is 3.95. The van der Waals surface area contributed by atoms with Crippen LogP contribution in [0.3, 0.4) is 0 Å². The zero-order valence-corrected chi connectivity index (χ0v) is 14.2. The maximum absolute atomic E-state index is 11.7. The molecule has 0 spiro atoms. The number of hydrogen-bond acceptors (Lipinski definition) is 4. The number of nitrogens with one attached hydrogen (secondary N) is 1. The average molecular weight is 328 g/mol. The van der Waals surface area contributed by atoms with Crippen molar-refractivity contribution in [2.45, 2.75) is 46.1 Å². The van der Waals surface area contributed by atoms with E-state index in [2.05, 4.69) is 10.3 Å². The molecule has 112 valence electrons. The minimum Gasteiger partial charge on any atom is -0.345 e. The second-order valence-electron chi connectivity index (χ2n) is 4.73. The first-order chi connectivity index (χ1) is 7.86. The first-order valence-electron chi connectivity index (χ1n) is 5.82. The van der Waals surface area contributed by atoms with Gasteiger partial charge in [0.1, 0.15) is 5.01 Å². The summed E-state index contributed by atoms with van der Waals surface area (Å²) in [6.07, 6.45) is 1.20. The lowest BCUT2D eigenvalue weighted by atomic mass is 10.1. The van der Waals surface area contributed by atoms with Crippen LogP contribution in [0.1, 0.15) is 42.3 Å². The molecule has 7 heteroatoms. The Bertz CT molecular complexity index is 388. The highest BCUT2D eigenvalue weighted by molar-refractivity contribution is 7.11. The van der Waals surface area contributed by atoms with Crippen LogP contribution in [-0.2, 0) is 10.3 Å². The Morgan fingerprint density at radius 3 is 2.37 bits per heavy atom. The summed E-state index contributed by atoms with van der Waals surface area (Å²) in [6, 6.07) is 0. The Labute approximate surface area is 131 Å². The fourth-order valence-electron chi connectivity index (χ4n) is 1.47. The van der Waals surface area contributed by atoms with Crippen molar-refractivity contribution >= 4 is 42.1 Å². The van der Waals surface area contributed by atoms with Gasteiger partial charge in [-0.15, -0.1) is 36.2 Å². The highest BCUT2D eigenvalue weighted by Gasteiger charge is 2.26. The molecule has 1 aromatic rings. The van der Waals surface area contributed by atoms with E-state index in [0.29, 0.717) is 13.0 Å². The summed E-state index contributed by atoms with van der Waals surface area (Å²) in [7, 11) is 0. The lowest BCUT2D eigenvalue weighted by Gasteiger charge is -2.23. The van der Waals surface area contributed by atoms with Gasteiger partial charge in [-0.3, -0.25) is 4.79 Å². The van der Waals surface area contributed by atoms with Crippen molar-refractivity contribution in [1.29, 1.82) is 0 Å². The molecule has 0 aliphatic rings. The van der Waals surface area contributed by atoms with Gasteiger partial charge >= 0.3 is 0 Å². The molecule has 1 heterocycles. The normalized spacial score (nSPS) is 10.4. The predicted molar refractivity (Wildman–Crippen MR) is 85.5 cm³/mol. The maximum Gasteiger partial charge on any atom is 0.220 e. The zero-order chi connectivity index (χ0) is 13.1. The summed E-state index contributed by atoms with van der Waals surface area (Å²) >= 11 is 1.64. The van der Waals surface area contributed by atoms with Gasteiger partial charge in [0, 0.05) is 11.3 Å². The Kier molecular flexibility index (Phi) is 9.64. The molecule has 0 atom stereocenters. The maximum atomic E-state index is 11.7. The first kappa shape index (κ1) is 20.9. The number of thiazole rings is 1. The molecule has 0 aliphatic carbocycles. The molecule has 0 aliphatic heterocycles. The predicted octanol–water partition coefficient (Wildman–Crippen LogP) is 2.69. The van der Waals surface area contributed by atoms with E-state index in [0.717, 1.165) is 17.1 Å². The molecule has 1 amide bonds. The van der Waals surface area contributed by atoms with Gasteiger partial charge in [0.2, 0.25) is 5.91 Å². The minimum absolute atomic E-state index is 0. The van der Waals surface area contributed by atoms with Gasteiger partial charge in [-0.25, -0.2) is 4.98 Å². The van der Waals surface area contributed by atoms with E-state index in [1.165, 1.54) is 4.88 Å². The molecule has 0 saturated carbocycles. The van der Waals surface area contributed by atoms with Crippen LogP contribution in [0.4, 0.5) is 0 Å². The van der Waals surface area contributed by atoms with Gasteiger partial charge in [0.25, 0.3) is 0 Å². The van der Waals surface area contributed by atoms with E-state index in [1.54, 1.807) is 11.3 Å². The number of amides is 1. The van der Waals surface area contributed by atoms with E-state index >= 15 is 0 Å². The van der Waals surface area contributed by atoms with Crippen molar-refractivity contribution < 1.29 is 4.79 Å². The van der Waals surface area contributed by atoms with Gasteiger partial charge in [-0.1, -0.05) is 0 Å². The van der Waals surface area contributed by atoms with Crippen molar-refractivity contribution in [3.8, 4) is 0 Å². The number of carbonyl (C=O) groups excluding carboxylic acids is 1. The third-order valence-corrected chi connectivity index (χ3v) is 4.02. The third-order valence-electron chi connectivity index (χ3n) is 2.62.